The molecule has 5 unspecified atom stereocenters. The second-order valence-electron chi connectivity index (χ2n) is 33.0. The van der Waals surface area contributed by atoms with Gasteiger partial charge >= 0.3 is 12.2 Å². The standard InChI is InChI=1S/C22H25N3O4.C16H23N3O.C15H22N4O.C14H17NO4.C13H18N2O.C12H16N2O2/c1-22(2)25(21(27)28-13-15-7-5-4-6-8-15)19(14-29-22)20(26)16-9-10-18-17(11-16)12-23-24(18)3;1-12(11-19-7-3-4-8-19)16(20)13-5-6-15-14(9-13)10-17-18(15)2;1-18-14-5-4-11(8-12(14)9-17-18)15(20)13(16)10-19-6-2-3-7-19;1-14(2)15(12(8-16)10-19-14)13(17)18-9-11-6-4-3-5-7-11;1-4-9(2)13(16)10-5-6-12-11(7-10)8-14-15(12)3;1-8(7-15)12(16)9-3-4-11-10(5-9)6-13-14(11)2/h4-12,19-20,26H,13-14H2,1-3H3;5-6,9-10,12,16,20H,3-4,7-8,11H2,1-2H3;4-5,8-9,13,15,20H,2-3,6-7,10,16H2,1H3;3-8,12H,9-10H2,1-2H3;5-9,13,16H,4H2,1-3H3;3-6,8,12,15-16H,7H2,1-2H3/t19-,20?;12-,16?;13-,15?;12-;9-,13?;8-,12?/m111011/s1. The smallest absolute Gasteiger partial charge is 0.413 e. The van der Waals surface area contributed by atoms with E-state index in [2.05, 4.69) is 62.1 Å². The Morgan fingerprint density at radius 1 is 0.467 bits per heavy atom. The Kier molecular flexibility index (Phi) is 31.1. The van der Waals surface area contributed by atoms with E-state index in [1.807, 2.05) is 220 Å². The van der Waals surface area contributed by atoms with Gasteiger partial charge in [-0.1, -0.05) is 125 Å². The van der Waals surface area contributed by atoms with Crippen LogP contribution in [0.15, 0.2) is 183 Å². The van der Waals surface area contributed by atoms with Crippen LogP contribution in [0.25, 0.3) is 54.5 Å². The van der Waals surface area contributed by atoms with E-state index in [0.29, 0.717) is 11.8 Å². The van der Waals surface area contributed by atoms with Gasteiger partial charge in [0.1, 0.15) is 43.1 Å². The van der Waals surface area contributed by atoms with Crippen molar-refractivity contribution in [3.05, 3.63) is 222 Å². The molecule has 11 atom stereocenters. The molecule has 4 aliphatic heterocycles. The molecule has 9 heterocycles. The van der Waals surface area contributed by atoms with Crippen molar-refractivity contribution in [1.82, 2.24) is 68.5 Å². The van der Waals surface area contributed by atoms with Crippen molar-refractivity contribution < 1.29 is 64.0 Å². The third-order valence-corrected chi connectivity index (χ3v) is 23.3. The number of amides is 2. The second kappa shape index (κ2) is 41.3. The number of hydrogen-bond donors (Lipinski definition) is 7. The van der Waals surface area contributed by atoms with Gasteiger partial charge in [-0.05, 0) is 191 Å². The third kappa shape index (κ3) is 22.4. The number of nitrogens with zero attached hydrogens (tertiary/aromatic N) is 14. The van der Waals surface area contributed by atoms with Gasteiger partial charge in [0.25, 0.3) is 0 Å². The van der Waals surface area contributed by atoms with E-state index in [-0.39, 0.29) is 62.9 Å². The number of ether oxygens (including phenoxy) is 4. The van der Waals surface area contributed by atoms with E-state index in [9.17, 15) is 39.9 Å². The Balaban J connectivity index is 0.000000143. The number of aliphatic hydroxyl groups is 6. The van der Waals surface area contributed by atoms with Gasteiger partial charge in [-0.2, -0.15) is 25.5 Å². The molecule has 28 nitrogen and oxygen atoms in total. The zero-order chi connectivity index (χ0) is 86.1. The summed E-state index contributed by atoms with van der Waals surface area (Å²) in [7, 11) is 9.53. The third-order valence-electron chi connectivity index (χ3n) is 23.3. The highest BCUT2D eigenvalue weighted by molar-refractivity contribution is 5.83. The first-order valence-electron chi connectivity index (χ1n) is 41.5. The molecular weight excluding hydrogens is 1520 g/mol. The van der Waals surface area contributed by atoms with E-state index in [4.69, 9.17) is 29.8 Å². The predicted octanol–water partition coefficient (Wildman–Crippen LogP) is 12.6. The van der Waals surface area contributed by atoms with Gasteiger partial charge in [-0.15, -0.1) is 0 Å². The number of aryl methyl sites for hydroxylation is 5. The van der Waals surface area contributed by atoms with E-state index < -0.39 is 60.1 Å². The van der Waals surface area contributed by atoms with Crippen LogP contribution in [0.5, 0.6) is 0 Å². The Labute approximate surface area is 702 Å². The maximum absolute atomic E-state index is 12.9. The van der Waals surface area contributed by atoms with Gasteiger partial charge in [0.05, 0.1) is 102 Å². The summed E-state index contributed by atoms with van der Waals surface area (Å²) in [5.74, 6) is 0.380. The van der Waals surface area contributed by atoms with Crippen LogP contribution < -0.4 is 5.73 Å². The number of aromatic nitrogens is 10. The van der Waals surface area contributed by atoms with Crippen molar-refractivity contribution in [1.29, 1.82) is 0 Å². The number of hydrogen-bond acceptors (Lipinski definition) is 21. The highest BCUT2D eigenvalue weighted by Gasteiger charge is 2.48. The van der Waals surface area contributed by atoms with Crippen LogP contribution in [0.2, 0.25) is 0 Å². The van der Waals surface area contributed by atoms with Gasteiger partial charge in [-0.25, -0.2) is 9.59 Å². The normalized spacial score (nSPS) is 18.6. The van der Waals surface area contributed by atoms with Crippen molar-refractivity contribution in [2.45, 2.75) is 161 Å². The van der Waals surface area contributed by atoms with Crippen LogP contribution in [0.3, 0.4) is 0 Å². The van der Waals surface area contributed by atoms with Crippen LogP contribution in [0.1, 0.15) is 157 Å². The number of rotatable bonds is 21. The van der Waals surface area contributed by atoms with Gasteiger partial charge in [0.2, 0.25) is 0 Å². The predicted molar refractivity (Wildman–Crippen MR) is 463 cm³/mol. The van der Waals surface area contributed by atoms with E-state index in [0.717, 1.165) is 120 Å². The largest absolute Gasteiger partial charge is 0.444 e. The van der Waals surface area contributed by atoms with Gasteiger partial charge in [0.15, 0.2) is 0 Å². The molecule has 0 aliphatic carbocycles. The molecule has 7 aromatic carbocycles. The minimum Gasteiger partial charge on any atom is -0.444 e. The van der Waals surface area contributed by atoms with E-state index in [1.54, 1.807) is 49.5 Å². The van der Waals surface area contributed by atoms with E-state index >= 15 is 0 Å². The fraction of sp³-hybridized carbons (Fsp3) is 0.457. The average molecular weight is 1650 g/mol. The summed E-state index contributed by atoms with van der Waals surface area (Å²) in [6.07, 6.45) is 11.8. The first-order chi connectivity index (χ1) is 57.5. The summed E-state index contributed by atoms with van der Waals surface area (Å²) in [5.41, 5.74) is 15.9. The number of benzene rings is 7. The monoisotopic (exact) mass is 1640 g/mol. The number of carbonyl (C=O) groups is 3. The minimum absolute atomic E-state index is 0.0216. The molecule has 12 aromatic rings. The van der Waals surface area contributed by atoms with E-state index in [1.165, 1.54) is 48.6 Å². The first kappa shape index (κ1) is 90.4. The Bertz CT molecular complexity index is 5090. The maximum Gasteiger partial charge on any atom is 0.413 e. The number of fused-ring (bicyclic) bond motifs is 5. The summed E-state index contributed by atoms with van der Waals surface area (Å²) in [6, 6.07) is 47.0. The van der Waals surface area contributed by atoms with Gasteiger partial charge < -0.3 is 69.9 Å². The maximum atomic E-state index is 12.9. The summed E-state index contributed by atoms with van der Waals surface area (Å²) in [5, 5.41) is 87.4. The SMILES string of the molecule is CC1(C)OC[C@H](C=O)N1C(=O)OCc1ccccc1.CC[C@@H](C)C(O)c1ccc2c(cnn2C)c1.C[C@H](CN1CCCC1)C(O)c1ccc2c(cnn2C)c1.C[C@H](CO)C(O)c1ccc2c(cnn2C)c1.Cn1ncc2cc(C(O)[C@H](N)CN3CCCC3)ccc21.Cn1ncc2cc(C(O)[C@H]3COC(C)(C)N3C(=O)OCc3ccccc3)ccc21. The van der Waals surface area contributed by atoms with Gasteiger partial charge in [0, 0.05) is 93.8 Å². The Morgan fingerprint density at radius 2 is 0.800 bits per heavy atom. The summed E-state index contributed by atoms with van der Waals surface area (Å²) in [4.78, 5) is 43.5. The quantitative estimate of drug-likeness (QED) is 0.0329. The molecule has 0 bridgehead atoms. The topological polar surface area (TPSA) is 338 Å². The molecule has 642 valence electrons. The molecule has 2 amide bonds. The minimum atomic E-state index is -0.911. The Hall–Kier alpha value is -10.3. The molecule has 120 heavy (non-hydrogen) atoms. The lowest BCUT2D eigenvalue weighted by Crippen LogP contribution is -2.50. The molecule has 0 radical (unpaired) electrons. The average Bonchev–Trinajstić information content (AvgIpc) is 1.62. The molecule has 5 aromatic heterocycles. The van der Waals surface area contributed by atoms with Crippen LogP contribution in [0.4, 0.5) is 9.59 Å². The zero-order valence-electron chi connectivity index (χ0n) is 71.4. The van der Waals surface area contributed by atoms with Crippen molar-refractivity contribution in [3.63, 3.8) is 0 Å². The molecule has 0 saturated carbocycles. The lowest BCUT2D eigenvalue weighted by Gasteiger charge is -2.34. The lowest BCUT2D eigenvalue weighted by atomic mass is 9.95. The molecule has 28 heteroatoms. The molecule has 4 aliphatic rings. The fourth-order valence-corrected chi connectivity index (χ4v) is 15.7. The number of nitrogens with two attached hydrogens (primary N) is 1. The van der Waals surface area contributed by atoms with Crippen LogP contribution in [-0.2, 0) is 72.2 Å². The molecule has 4 saturated heterocycles. The fourth-order valence-electron chi connectivity index (χ4n) is 15.7. The molecule has 16 rings (SSSR count). The van der Waals surface area contributed by atoms with Crippen LogP contribution >= 0.6 is 0 Å². The summed E-state index contributed by atoms with van der Waals surface area (Å²) in [6.45, 7) is 22.2. The molecule has 0 spiro atoms. The highest BCUT2D eigenvalue weighted by Crippen LogP contribution is 2.37. The number of likely N-dealkylation sites (tertiary alicyclic amines) is 2. The highest BCUT2D eigenvalue weighted by atomic mass is 16.6. The van der Waals surface area contributed by atoms with Crippen molar-refractivity contribution in [3.8, 4) is 0 Å². The summed E-state index contributed by atoms with van der Waals surface area (Å²) < 4.78 is 31.1. The molecular formula is C92H121N15O13. The number of aldehydes is 1. The zero-order valence-corrected chi connectivity index (χ0v) is 71.4. The van der Waals surface area contributed by atoms with Crippen molar-refractivity contribution >= 4 is 73.0 Å². The first-order valence-corrected chi connectivity index (χ1v) is 41.5. The second-order valence-corrected chi connectivity index (χ2v) is 33.0. The number of aliphatic hydroxyl groups excluding tert-OH is 6. The number of carbonyl (C=O) groups excluding carboxylic acids is 3. The van der Waals surface area contributed by atoms with Crippen LogP contribution in [-0.4, -0.2) is 206 Å². The van der Waals surface area contributed by atoms with Crippen molar-refractivity contribution in [2.75, 3.05) is 59.1 Å². The van der Waals surface area contributed by atoms with Crippen LogP contribution in [0, 0.1) is 17.8 Å². The molecule has 8 N–H and O–H groups in total. The van der Waals surface area contributed by atoms with Crippen molar-refractivity contribution in [2.24, 2.45) is 58.7 Å². The lowest BCUT2D eigenvalue weighted by molar-refractivity contribution is -0.112. The molecule has 4 fully saturated rings. The summed E-state index contributed by atoms with van der Waals surface area (Å²) >= 11 is 0. The van der Waals surface area contributed by atoms with Gasteiger partial charge in [-0.3, -0.25) is 33.2 Å². The Morgan fingerprint density at radius 3 is 1.18 bits per heavy atom.